The molecule has 2 amide bonds. The Kier molecular flexibility index (Phi) is 3.65. The molecule has 2 N–H and O–H groups in total. The number of likely N-dealkylation sites (tertiary alicyclic amines) is 1. The van der Waals surface area contributed by atoms with E-state index in [4.69, 9.17) is 5.73 Å². The molecule has 0 bridgehead atoms. The summed E-state index contributed by atoms with van der Waals surface area (Å²) in [6, 6.07) is 9.31. The summed E-state index contributed by atoms with van der Waals surface area (Å²) in [6.07, 6.45) is 1.60. The van der Waals surface area contributed by atoms with Crippen LogP contribution in [-0.2, 0) is 4.79 Å². The first-order valence-electron chi connectivity index (χ1n) is 6.25. The van der Waals surface area contributed by atoms with E-state index >= 15 is 0 Å². The molecule has 0 aromatic heterocycles. The number of hydrogen-bond acceptors (Lipinski definition) is 2. The highest BCUT2D eigenvalue weighted by Gasteiger charge is 2.31. The van der Waals surface area contributed by atoms with E-state index in [-0.39, 0.29) is 23.8 Å². The minimum Gasteiger partial charge on any atom is -0.369 e. The van der Waals surface area contributed by atoms with Gasteiger partial charge in [0.2, 0.25) is 5.91 Å². The Labute approximate surface area is 107 Å². The summed E-state index contributed by atoms with van der Waals surface area (Å²) >= 11 is 0. The number of piperidine rings is 1. The van der Waals surface area contributed by atoms with Crippen LogP contribution in [-0.4, -0.2) is 29.3 Å². The standard InChI is InChI=1S/C14H18N2O2/c1-10-7-8-12(13(15)17)9-16(10)14(18)11-5-3-2-4-6-11/h2-6,10,12H,7-9H2,1H3,(H2,15,17). The van der Waals surface area contributed by atoms with Crippen molar-refractivity contribution in [3.05, 3.63) is 35.9 Å². The van der Waals surface area contributed by atoms with Gasteiger partial charge in [-0.15, -0.1) is 0 Å². The Morgan fingerprint density at radius 1 is 1.22 bits per heavy atom. The molecule has 2 atom stereocenters. The number of hydrogen-bond donors (Lipinski definition) is 1. The number of carbonyl (C=O) groups is 2. The summed E-state index contributed by atoms with van der Waals surface area (Å²) in [6.45, 7) is 2.45. The SMILES string of the molecule is CC1CCC(C(N)=O)CN1C(=O)c1ccccc1. The van der Waals surface area contributed by atoms with Crippen molar-refractivity contribution >= 4 is 11.8 Å². The summed E-state index contributed by atoms with van der Waals surface area (Å²) in [5.74, 6) is -0.546. The molecule has 0 spiro atoms. The highest BCUT2D eigenvalue weighted by molar-refractivity contribution is 5.94. The monoisotopic (exact) mass is 246 g/mol. The van der Waals surface area contributed by atoms with Gasteiger partial charge >= 0.3 is 0 Å². The number of rotatable bonds is 2. The van der Waals surface area contributed by atoms with Gasteiger partial charge in [0.15, 0.2) is 0 Å². The Balaban J connectivity index is 2.15. The Bertz CT molecular complexity index is 444. The molecule has 96 valence electrons. The number of nitrogens with zero attached hydrogens (tertiary/aromatic N) is 1. The highest BCUT2D eigenvalue weighted by atomic mass is 16.2. The fourth-order valence-corrected chi connectivity index (χ4v) is 2.37. The van der Waals surface area contributed by atoms with E-state index in [1.165, 1.54) is 0 Å². The Hall–Kier alpha value is -1.84. The predicted octanol–water partition coefficient (Wildman–Crippen LogP) is 1.41. The van der Waals surface area contributed by atoms with Gasteiger partial charge in [-0.1, -0.05) is 18.2 Å². The van der Waals surface area contributed by atoms with Gasteiger partial charge in [0.05, 0.1) is 5.92 Å². The van der Waals surface area contributed by atoms with Crippen LogP contribution < -0.4 is 5.73 Å². The summed E-state index contributed by atoms with van der Waals surface area (Å²) in [7, 11) is 0. The van der Waals surface area contributed by atoms with Crippen LogP contribution in [0, 0.1) is 5.92 Å². The van der Waals surface area contributed by atoms with Crippen LogP contribution in [0.5, 0.6) is 0 Å². The first-order valence-corrected chi connectivity index (χ1v) is 6.25. The first-order chi connectivity index (χ1) is 8.59. The molecule has 1 heterocycles. The van der Waals surface area contributed by atoms with Crippen molar-refractivity contribution in [2.24, 2.45) is 11.7 Å². The number of nitrogens with two attached hydrogens (primary N) is 1. The number of benzene rings is 1. The maximum Gasteiger partial charge on any atom is 0.254 e. The zero-order valence-corrected chi connectivity index (χ0v) is 10.5. The molecule has 18 heavy (non-hydrogen) atoms. The molecule has 0 aliphatic carbocycles. The average Bonchev–Trinajstić information content (AvgIpc) is 2.39. The molecule has 2 unspecified atom stereocenters. The normalized spacial score (nSPS) is 23.7. The fraction of sp³-hybridized carbons (Fsp3) is 0.429. The lowest BCUT2D eigenvalue weighted by Crippen LogP contribution is -2.48. The van der Waals surface area contributed by atoms with Crippen molar-refractivity contribution in [2.45, 2.75) is 25.8 Å². The second-order valence-electron chi connectivity index (χ2n) is 4.85. The van der Waals surface area contributed by atoms with Crippen LogP contribution in [0.2, 0.25) is 0 Å². The summed E-state index contributed by atoms with van der Waals surface area (Å²) in [5.41, 5.74) is 6.00. The third kappa shape index (κ3) is 2.53. The van der Waals surface area contributed by atoms with E-state index in [1.54, 1.807) is 17.0 Å². The number of primary amides is 1. The predicted molar refractivity (Wildman–Crippen MR) is 68.9 cm³/mol. The van der Waals surface area contributed by atoms with Crippen molar-refractivity contribution in [2.75, 3.05) is 6.54 Å². The maximum atomic E-state index is 12.4. The van der Waals surface area contributed by atoms with Crippen LogP contribution >= 0.6 is 0 Å². The van der Waals surface area contributed by atoms with E-state index in [2.05, 4.69) is 0 Å². The first kappa shape index (κ1) is 12.6. The van der Waals surface area contributed by atoms with Gasteiger partial charge < -0.3 is 10.6 Å². The smallest absolute Gasteiger partial charge is 0.254 e. The van der Waals surface area contributed by atoms with Crippen molar-refractivity contribution in [1.82, 2.24) is 4.90 Å². The second kappa shape index (κ2) is 5.21. The van der Waals surface area contributed by atoms with Gasteiger partial charge in [-0.2, -0.15) is 0 Å². The third-order valence-corrected chi connectivity index (χ3v) is 3.57. The molecule has 1 aromatic carbocycles. The van der Waals surface area contributed by atoms with Crippen LogP contribution in [0.25, 0.3) is 0 Å². The molecule has 4 nitrogen and oxygen atoms in total. The third-order valence-electron chi connectivity index (χ3n) is 3.57. The molecule has 1 saturated heterocycles. The molecule has 2 rings (SSSR count). The van der Waals surface area contributed by atoms with Gasteiger partial charge in [-0.05, 0) is 31.9 Å². The van der Waals surface area contributed by atoms with E-state index in [1.807, 2.05) is 25.1 Å². The molecule has 0 saturated carbocycles. The van der Waals surface area contributed by atoms with Crippen LogP contribution in [0.3, 0.4) is 0 Å². The van der Waals surface area contributed by atoms with Gasteiger partial charge in [-0.25, -0.2) is 0 Å². The lowest BCUT2D eigenvalue weighted by molar-refractivity contribution is -0.123. The van der Waals surface area contributed by atoms with E-state index in [9.17, 15) is 9.59 Å². The maximum absolute atomic E-state index is 12.4. The number of amides is 2. The molecule has 1 aliphatic rings. The summed E-state index contributed by atoms with van der Waals surface area (Å²) in [5, 5.41) is 0. The van der Waals surface area contributed by atoms with Crippen LogP contribution in [0.4, 0.5) is 0 Å². The number of carbonyl (C=O) groups excluding carboxylic acids is 2. The Morgan fingerprint density at radius 3 is 2.50 bits per heavy atom. The van der Waals surface area contributed by atoms with Gasteiger partial charge in [0.1, 0.15) is 0 Å². The fourth-order valence-electron chi connectivity index (χ4n) is 2.37. The van der Waals surface area contributed by atoms with Crippen LogP contribution in [0.1, 0.15) is 30.1 Å². The molecule has 0 radical (unpaired) electrons. The largest absolute Gasteiger partial charge is 0.369 e. The molecular weight excluding hydrogens is 228 g/mol. The lowest BCUT2D eigenvalue weighted by atomic mass is 9.92. The molecule has 1 fully saturated rings. The van der Waals surface area contributed by atoms with Crippen molar-refractivity contribution in [3.8, 4) is 0 Å². The summed E-state index contributed by atoms with van der Waals surface area (Å²) in [4.78, 5) is 25.4. The minimum absolute atomic E-state index is 0.0194. The minimum atomic E-state index is -0.312. The van der Waals surface area contributed by atoms with Crippen LogP contribution in [0.15, 0.2) is 30.3 Å². The van der Waals surface area contributed by atoms with E-state index in [0.29, 0.717) is 12.1 Å². The molecule has 1 aromatic rings. The van der Waals surface area contributed by atoms with Crippen molar-refractivity contribution < 1.29 is 9.59 Å². The summed E-state index contributed by atoms with van der Waals surface area (Å²) < 4.78 is 0. The topological polar surface area (TPSA) is 63.4 Å². The molecule has 4 heteroatoms. The van der Waals surface area contributed by atoms with Gasteiger partial charge in [-0.3, -0.25) is 9.59 Å². The second-order valence-corrected chi connectivity index (χ2v) is 4.85. The Morgan fingerprint density at radius 2 is 1.89 bits per heavy atom. The lowest BCUT2D eigenvalue weighted by Gasteiger charge is -2.37. The molecular formula is C14H18N2O2. The zero-order valence-electron chi connectivity index (χ0n) is 10.5. The average molecular weight is 246 g/mol. The van der Waals surface area contributed by atoms with Crippen molar-refractivity contribution in [1.29, 1.82) is 0 Å². The van der Waals surface area contributed by atoms with Crippen molar-refractivity contribution in [3.63, 3.8) is 0 Å². The molecule has 1 aliphatic heterocycles. The quantitative estimate of drug-likeness (QED) is 0.857. The van der Waals surface area contributed by atoms with E-state index in [0.717, 1.165) is 12.8 Å². The highest BCUT2D eigenvalue weighted by Crippen LogP contribution is 2.23. The zero-order chi connectivity index (χ0) is 13.1. The van der Waals surface area contributed by atoms with Gasteiger partial charge in [0, 0.05) is 18.2 Å². The van der Waals surface area contributed by atoms with E-state index < -0.39 is 0 Å². The van der Waals surface area contributed by atoms with Gasteiger partial charge in [0.25, 0.3) is 5.91 Å².